The summed E-state index contributed by atoms with van der Waals surface area (Å²) >= 11 is 3.41. The molecule has 1 aromatic heterocycles. The van der Waals surface area contributed by atoms with E-state index in [0.717, 1.165) is 21.7 Å². The molecule has 6 heteroatoms. The quantitative estimate of drug-likeness (QED) is 0.792. The fourth-order valence-corrected chi connectivity index (χ4v) is 1.92. The van der Waals surface area contributed by atoms with E-state index >= 15 is 0 Å². The number of anilines is 3. The number of aryl methyl sites for hydroxylation is 1. The molecule has 0 radical (unpaired) electrons. The summed E-state index contributed by atoms with van der Waals surface area (Å²) < 4.78 is 6.04. The first-order valence-electron chi connectivity index (χ1n) is 6.28. The molecular weight excluding hydrogens is 320 g/mol. The highest BCUT2D eigenvalue weighted by Crippen LogP contribution is 2.18. The Morgan fingerprint density at radius 3 is 2.65 bits per heavy atom. The van der Waals surface area contributed by atoms with E-state index in [1.54, 1.807) is 7.11 Å². The summed E-state index contributed by atoms with van der Waals surface area (Å²) in [6, 6.07) is 9.77. The molecule has 5 nitrogen and oxygen atoms in total. The van der Waals surface area contributed by atoms with Crippen LogP contribution in [0.4, 0.5) is 17.5 Å². The monoisotopic (exact) mass is 336 g/mol. The van der Waals surface area contributed by atoms with Crippen LogP contribution in [0.15, 0.2) is 34.8 Å². The Kier molecular flexibility index (Phi) is 5.31. The van der Waals surface area contributed by atoms with Gasteiger partial charge in [0.05, 0.1) is 6.61 Å². The van der Waals surface area contributed by atoms with Gasteiger partial charge in [-0.15, -0.1) is 0 Å². The molecular formula is C14H17BrN4O. The van der Waals surface area contributed by atoms with Crippen LogP contribution >= 0.6 is 15.9 Å². The normalized spacial score (nSPS) is 10.3. The van der Waals surface area contributed by atoms with Gasteiger partial charge in [-0.05, 0) is 31.2 Å². The number of hydrogen-bond donors (Lipinski definition) is 2. The van der Waals surface area contributed by atoms with Gasteiger partial charge in [-0.3, -0.25) is 0 Å². The second-order valence-electron chi connectivity index (χ2n) is 4.27. The van der Waals surface area contributed by atoms with E-state index in [0.29, 0.717) is 19.1 Å². The smallest absolute Gasteiger partial charge is 0.229 e. The maximum Gasteiger partial charge on any atom is 0.229 e. The van der Waals surface area contributed by atoms with Gasteiger partial charge in [0, 0.05) is 35.6 Å². The van der Waals surface area contributed by atoms with Crippen LogP contribution in [0, 0.1) is 6.92 Å². The Balaban J connectivity index is 2.09. The van der Waals surface area contributed by atoms with Crippen LogP contribution in [0.5, 0.6) is 0 Å². The highest BCUT2D eigenvalue weighted by Gasteiger charge is 2.02. The maximum atomic E-state index is 5.00. The summed E-state index contributed by atoms with van der Waals surface area (Å²) in [5.41, 5.74) is 1.85. The Hall–Kier alpha value is -1.66. The van der Waals surface area contributed by atoms with E-state index in [1.165, 1.54) is 0 Å². The molecule has 0 aliphatic rings. The highest BCUT2D eigenvalue weighted by molar-refractivity contribution is 9.10. The fourth-order valence-electron chi connectivity index (χ4n) is 1.66. The van der Waals surface area contributed by atoms with E-state index in [9.17, 15) is 0 Å². The summed E-state index contributed by atoms with van der Waals surface area (Å²) in [5.74, 6) is 1.36. The lowest BCUT2D eigenvalue weighted by atomic mass is 10.3. The van der Waals surface area contributed by atoms with Crippen LogP contribution in [-0.4, -0.2) is 30.2 Å². The number of hydrogen-bond acceptors (Lipinski definition) is 5. The first-order chi connectivity index (χ1) is 9.67. The average Bonchev–Trinajstić information content (AvgIpc) is 2.41. The van der Waals surface area contributed by atoms with E-state index in [4.69, 9.17) is 4.74 Å². The first-order valence-corrected chi connectivity index (χ1v) is 7.08. The molecule has 1 heterocycles. The molecule has 0 saturated heterocycles. The molecule has 0 fully saturated rings. The Morgan fingerprint density at radius 1 is 1.20 bits per heavy atom. The lowest BCUT2D eigenvalue weighted by Crippen LogP contribution is -2.10. The van der Waals surface area contributed by atoms with Crippen molar-refractivity contribution >= 4 is 33.4 Å². The van der Waals surface area contributed by atoms with E-state index in [2.05, 4.69) is 36.5 Å². The SMILES string of the molecule is COCCNc1cc(C)nc(Nc2ccc(Br)cc2)n1. The first kappa shape index (κ1) is 14.7. The summed E-state index contributed by atoms with van der Waals surface area (Å²) in [6.45, 7) is 3.29. The molecule has 2 N–H and O–H groups in total. The van der Waals surface area contributed by atoms with E-state index in [1.807, 2.05) is 37.3 Å². The van der Waals surface area contributed by atoms with Crippen LogP contribution in [0.25, 0.3) is 0 Å². The third-order valence-corrected chi connectivity index (χ3v) is 3.10. The van der Waals surface area contributed by atoms with Gasteiger partial charge in [0.15, 0.2) is 0 Å². The van der Waals surface area contributed by atoms with Crippen molar-refractivity contribution < 1.29 is 4.74 Å². The van der Waals surface area contributed by atoms with Gasteiger partial charge in [-0.2, -0.15) is 4.98 Å². The molecule has 0 amide bonds. The molecule has 0 atom stereocenters. The largest absolute Gasteiger partial charge is 0.383 e. The summed E-state index contributed by atoms with van der Waals surface area (Å²) in [6.07, 6.45) is 0. The molecule has 2 aromatic rings. The second-order valence-corrected chi connectivity index (χ2v) is 5.19. The number of halogens is 1. The molecule has 0 saturated carbocycles. The molecule has 2 rings (SSSR count). The summed E-state index contributed by atoms with van der Waals surface area (Å²) in [7, 11) is 1.67. The molecule has 106 valence electrons. The van der Waals surface area contributed by atoms with Gasteiger partial charge < -0.3 is 15.4 Å². The molecule has 1 aromatic carbocycles. The van der Waals surface area contributed by atoms with Crippen molar-refractivity contribution in [1.29, 1.82) is 0 Å². The minimum Gasteiger partial charge on any atom is -0.383 e. The Labute approximate surface area is 126 Å². The van der Waals surface area contributed by atoms with Gasteiger partial charge in [0.2, 0.25) is 5.95 Å². The minimum absolute atomic E-state index is 0.576. The zero-order valence-electron chi connectivity index (χ0n) is 11.5. The highest BCUT2D eigenvalue weighted by atomic mass is 79.9. The van der Waals surface area contributed by atoms with Crippen molar-refractivity contribution in [3.63, 3.8) is 0 Å². The predicted octanol–water partition coefficient (Wildman–Crippen LogP) is 3.35. The molecule has 0 aliphatic carbocycles. The van der Waals surface area contributed by atoms with Crippen molar-refractivity contribution in [2.75, 3.05) is 30.9 Å². The number of aromatic nitrogens is 2. The van der Waals surface area contributed by atoms with Gasteiger partial charge in [-0.1, -0.05) is 15.9 Å². The molecule has 20 heavy (non-hydrogen) atoms. The standard InChI is InChI=1S/C14H17BrN4O/c1-10-9-13(16-7-8-20-2)19-14(17-10)18-12-5-3-11(15)4-6-12/h3-6,9H,7-8H2,1-2H3,(H2,16,17,18,19). The minimum atomic E-state index is 0.576. The van der Waals surface area contributed by atoms with Gasteiger partial charge >= 0.3 is 0 Å². The number of nitrogens with one attached hydrogen (secondary N) is 2. The van der Waals surface area contributed by atoms with Crippen LogP contribution < -0.4 is 10.6 Å². The lowest BCUT2D eigenvalue weighted by Gasteiger charge is -2.09. The molecule has 0 bridgehead atoms. The fraction of sp³-hybridized carbons (Fsp3) is 0.286. The van der Waals surface area contributed by atoms with Crippen LogP contribution in [-0.2, 0) is 4.74 Å². The zero-order chi connectivity index (χ0) is 14.4. The number of ether oxygens (including phenoxy) is 1. The molecule has 0 unspecified atom stereocenters. The molecule has 0 spiro atoms. The topological polar surface area (TPSA) is 59.1 Å². The Bertz CT molecular complexity index is 560. The number of rotatable bonds is 6. The van der Waals surface area contributed by atoms with E-state index < -0.39 is 0 Å². The Morgan fingerprint density at radius 2 is 1.95 bits per heavy atom. The van der Waals surface area contributed by atoms with Crippen molar-refractivity contribution in [1.82, 2.24) is 9.97 Å². The van der Waals surface area contributed by atoms with Gasteiger partial charge in [-0.25, -0.2) is 4.98 Å². The molecule has 0 aliphatic heterocycles. The average molecular weight is 337 g/mol. The number of methoxy groups -OCH3 is 1. The van der Waals surface area contributed by atoms with Crippen molar-refractivity contribution in [3.05, 3.63) is 40.5 Å². The second kappa shape index (κ2) is 7.21. The lowest BCUT2D eigenvalue weighted by molar-refractivity contribution is 0.210. The van der Waals surface area contributed by atoms with Crippen LogP contribution in [0.2, 0.25) is 0 Å². The van der Waals surface area contributed by atoms with Crippen molar-refractivity contribution in [2.24, 2.45) is 0 Å². The van der Waals surface area contributed by atoms with Gasteiger partial charge in [0.1, 0.15) is 5.82 Å². The maximum absolute atomic E-state index is 5.00. The zero-order valence-corrected chi connectivity index (χ0v) is 13.1. The third-order valence-electron chi connectivity index (χ3n) is 2.57. The van der Waals surface area contributed by atoms with Crippen LogP contribution in [0.1, 0.15) is 5.69 Å². The van der Waals surface area contributed by atoms with Crippen molar-refractivity contribution in [3.8, 4) is 0 Å². The predicted molar refractivity (Wildman–Crippen MR) is 84.6 cm³/mol. The van der Waals surface area contributed by atoms with Gasteiger partial charge in [0.25, 0.3) is 0 Å². The number of benzene rings is 1. The third kappa shape index (κ3) is 4.47. The van der Waals surface area contributed by atoms with Crippen molar-refractivity contribution in [2.45, 2.75) is 6.92 Å². The van der Waals surface area contributed by atoms with E-state index in [-0.39, 0.29) is 0 Å². The summed E-state index contributed by atoms with van der Waals surface area (Å²) in [5, 5.41) is 6.39. The van der Waals surface area contributed by atoms with Crippen LogP contribution in [0.3, 0.4) is 0 Å². The number of nitrogens with zero attached hydrogens (tertiary/aromatic N) is 2. The summed E-state index contributed by atoms with van der Waals surface area (Å²) in [4.78, 5) is 8.80.